The van der Waals surface area contributed by atoms with E-state index in [0.29, 0.717) is 18.9 Å². The van der Waals surface area contributed by atoms with E-state index in [1.807, 2.05) is 36.4 Å². The number of alkyl halides is 1. The van der Waals surface area contributed by atoms with Gasteiger partial charge in [0.05, 0.1) is 12.8 Å². The Morgan fingerprint density at radius 3 is 2.15 bits per heavy atom. The van der Waals surface area contributed by atoms with E-state index in [-0.39, 0.29) is 5.75 Å². The monoisotopic (exact) mass is 366 g/mol. The third-order valence-corrected chi connectivity index (χ3v) is 4.23. The third kappa shape index (κ3) is 5.51. The average molecular weight is 366 g/mol. The van der Waals surface area contributed by atoms with E-state index in [0.717, 1.165) is 35.3 Å². The van der Waals surface area contributed by atoms with Crippen LogP contribution in [0.4, 0.5) is 4.39 Å². The van der Waals surface area contributed by atoms with Gasteiger partial charge in [-0.3, -0.25) is 0 Å². The number of aromatic hydroxyl groups is 1. The predicted octanol–water partition coefficient (Wildman–Crippen LogP) is 5.42. The second-order valence-electron chi connectivity index (χ2n) is 6.49. The molecule has 140 valence electrons. The Morgan fingerprint density at radius 2 is 1.52 bits per heavy atom. The molecule has 1 aromatic heterocycles. The van der Waals surface area contributed by atoms with Crippen molar-refractivity contribution >= 4 is 0 Å². The van der Waals surface area contributed by atoms with Gasteiger partial charge >= 0.3 is 0 Å². The summed E-state index contributed by atoms with van der Waals surface area (Å²) in [4.78, 5) is 8.86. The van der Waals surface area contributed by atoms with Crippen molar-refractivity contribution in [3.05, 3.63) is 60.9 Å². The summed E-state index contributed by atoms with van der Waals surface area (Å²) < 4.78 is 18.4. The molecule has 0 amide bonds. The van der Waals surface area contributed by atoms with E-state index in [1.54, 1.807) is 31.5 Å². The fourth-order valence-corrected chi connectivity index (χ4v) is 2.70. The number of rotatable bonds is 8. The van der Waals surface area contributed by atoms with Crippen LogP contribution in [-0.2, 0) is 0 Å². The lowest BCUT2D eigenvalue weighted by atomic mass is 10.1. The first-order valence-electron chi connectivity index (χ1n) is 9.10. The maximum atomic E-state index is 12.7. The standard InChI is InChI=1S/C22H23FN2O2/c1-16(23)4-2-3-13-27-21-11-7-18(8-12-21)22-24-14-19(15-25-22)17-5-9-20(26)10-6-17/h5-12,14-16,26H,2-4,13H2,1H3/t16-/m0/s1. The molecule has 0 aliphatic heterocycles. The van der Waals surface area contributed by atoms with Crippen LogP contribution in [0.2, 0.25) is 0 Å². The summed E-state index contributed by atoms with van der Waals surface area (Å²) >= 11 is 0. The van der Waals surface area contributed by atoms with Crippen molar-refractivity contribution in [2.75, 3.05) is 6.61 Å². The van der Waals surface area contributed by atoms with Crippen molar-refractivity contribution in [2.24, 2.45) is 0 Å². The van der Waals surface area contributed by atoms with Crippen LogP contribution in [0.5, 0.6) is 11.5 Å². The molecular formula is C22H23FN2O2. The van der Waals surface area contributed by atoms with Crippen LogP contribution in [0.25, 0.3) is 22.5 Å². The van der Waals surface area contributed by atoms with Crippen LogP contribution in [0.15, 0.2) is 60.9 Å². The lowest BCUT2D eigenvalue weighted by molar-refractivity contribution is 0.284. The van der Waals surface area contributed by atoms with Crippen LogP contribution < -0.4 is 4.74 Å². The molecule has 0 radical (unpaired) electrons. The molecule has 0 spiro atoms. The van der Waals surface area contributed by atoms with Gasteiger partial charge < -0.3 is 9.84 Å². The average Bonchev–Trinajstić information content (AvgIpc) is 2.69. The zero-order valence-corrected chi connectivity index (χ0v) is 15.3. The highest BCUT2D eigenvalue weighted by molar-refractivity contribution is 5.64. The van der Waals surface area contributed by atoms with Crippen LogP contribution in [0.3, 0.4) is 0 Å². The van der Waals surface area contributed by atoms with E-state index >= 15 is 0 Å². The van der Waals surface area contributed by atoms with Gasteiger partial charge in [-0.2, -0.15) is 0 Å². The van der Waals surface area contributed by atoms with E-state index in [2.05, 4.69) is 9.97 Å². The molecule has 5 heteroatoms. The number of ether oxygens (including phenoxy) is 1. The van der Waals surface area contributed by atoms with Gasteiger partial charge in [0.25, 0.3) is 0 Å². The Bertz CT molecular complexity index is 832. The van der Waals surface area contributed by atoms with Crippen LogP contribution >= 0.6 is 0 Å². The topological polar surface area (TPSA) is 55.2 Å². The molecule has 4 nitrogen and oxygen atoms in total. The number of phenolic OH excluding ortho intramolecular Hbond substituents is 1. The maximum absolute atomic E-state index is 12.7. The highest BCUT2D eigenvalue weighted by Gasteiger charge is 2.04. The summed E-state index contributed by atoms with van der Waals surface area (Å²) in [7, 11) is 0. The van der Waals surface area contributed by atoms with Gasteiger partial charge in [-0.15, -0.1) is 0 Å². The molecule has 1 heterocycles. The molecule has 0 fully saturated rings. The molecule has 0 saturated carbocycles. The molecule has 0 unspecified atom stereocenters. The minimum Gasteiger partial charge on any atom is -0.508 e. The molecule has 3 aromatic rings. The number of benzene rings is 2. The third-order valence-electron chi connectivity index (χ3n) is 4.23. The second-order valence-corrected chi connectivity index (χ2v) is 6.49. The summed E-state index contributed by atoms with van der Waals surface area (Å²) in [6, 6.07) is 14.6. The fourth-order valence-electron chi connectivity index (χ4n) is 2.70. The van der Waals surface area contributed by atoms with E-state index in [9.17, 15) is 9.50 Å². The molecule has 0 bridgehead atoms. The molecule has 0 aliphatic carbocycles. The lowest BCUT2D eigenvalue weighted by Crippen LogP contribution is -1.99. The van der Waals surface area contributed by atoms with Gasteiger partial charge in [-0.1, -0.05) is 12.1 Å². The number of hydrogen-bond acceptors (Lipinski definition) is 4. The first kappa shape index (κ1) is 18.8. The summed E-state index contributed by atoms with van der Waals surface area (Å²) in [5.74, 6) is 1.66. The van der Waals surface area contributed by atoms with Crippen molar-refractivity contribution < 1.29 is 14.2 Å². The molecule has 0 saturated heterocycles. The Kier molecular flexibility index (Phi) is 6.36. The number of hydrogen-bond donors (Lipinski definition) is 1. The van der Waals surface area contributed by atoms with Crippen LogP contribution in [0, 0.1) is 0 Å². The van der Waals surface area contributed by atoms with Crippen molar-refractivity contribution in [1.29, 1.82) is 0 Å². The predicted molar refractivity (Wildman–Crippen MR) is 104 cm³/mol. The normalized spacial score (nSPS) is 11.9. The smallest absolute Gasteiger partial charge is 0.159 e. The number of aromatic nitrogens is 2. The fraction of sp³-hybridized carbons (Fsp3) is 0.273. The number of halogens is 1. The number of unbranched alkanes of at least 4 members (excludes halogenated alkanes) is 1. The summed E-state index contributed by atoms with van der Waals surface area (Å²) in [6.45, 7) is 2.17. The summed E-state index contributed by atoms with van der Waals surface area (Å²) in [6.07, 6.45) is 5.05. The zero-order valence-electron chi connectivity index (χ0n) is 15.3. The van der Waals surface area contributed by atoms with Crippen LogP contribution in [0.1, 0.15) is 26.2 Å². The minimum absolute atomic E-state index is 0.232. The van der Waals surface area contributed by atoms with E-state index < -0.39 is 6.17 Å². The molecule has 1 atom stereocenters. The quantitative estimate of drug-likeness (QED) is 0.541. The number of nitrogens with zero attached hydrogens (tertiary/aromatic N) is 2. The molecule has 27 heavy (non-hydrogen) atoms. The van der Waals surface area contributed by atoms with Gasteiger partial charge in [0.2, 0.25) is 0 Å². The first-order valence-corrected chi connectivity index (χ1v) is 9.10. The molecule has 1 N–H and O–H groups in total. The van der Waals surface area contributed by atoms with Crippen molar-refractivity contribution in [3.8, 4) is 34.0 Å². The van der Waals surface area contributed by atoms with E-state index in [4.69, 9.17) is 4.74 Å². The van der Waals surface area contributed by atoms with Crippen molar-refractivity contribution in [3.63, 3.8) is 0 Å². The molecular weight excluding hydrogens is 343 g/mol. The zero-order chi connectivity index (χ0) is 19.1. The van der Waals surface area contributed by atoms with Gasteiger partial charge in [-0.05, 0) is 68.1 Å². The highest BCUT2D eigenvalue weighted by Crippen LogP contribution is 2.23. The first-order chi connectivity index (χ1) is 13.1. The Hall–Kier alpha value is -2.95. The minimum atomic E-state index is -0.746. The van der Waals surface area contributed by atoms with Gasteiger partial charge in [0.1, 0.15) is 11.5 Å². The number of phenols is 1. The summed E-state index contributed by atoms with van der Waals surface area (Å²) in [5.41, 5.74) is 2.75. The second kappa shape index (κ2) is 9.12. The Labute approximate surface area is 158 Å². The van der Waals surface area contributed by atoms with E-state index in [1.165, 1.54) is 0 Å². The van der Waals surface area contributed by atoms with Crippen molar-refractivity contribution in [1.82, 2.24) is 9.97 Å². The molecule has 2 aromatic carbocycles. The van der Waals surface area contributed by atoms with Crippen LogP contribution in [-0.4, -0.2) is 27.9 Å². The SMILES string of the molecule is C[C@H](F)CCCCOc1ccc(-c2ncc(-c3ccc(O)cc3)cn2)cc1. The largest absolute Gasteiger partial charge is 0.508 e. The van der Waals surface area contributed by atoms with Gasteiger partial charge in [0, 0.05) is 23.5 Å². The highest BCUT2D eigenvalue weighted by atomic mass is 19.1. The van der Waals surface area contributed by atoms with Crippen molar-refractivity contribution in [2.45, 2.75) is 32.4 Å². The maximum Gasteiger partial charge on any atom is 0.159 e. The lowest BCUT2D eigenvalue weighted by Gasteiger charge is -2.08. The van der Waals surface area contributed by atoms with Gasteiger partial charge in [0.15, 0.2) is 5.82 Å². The Morgan fingerprint density at radius 1 is 0.889 bits per heavy atom. The molecule has 3 rings (SSSR count). The molecule has 0 aliphatic rings. The van der Waals surface area contributed by atoms with Gasteiger partial charge in [-0.25, -0.2) is 14.4 Å². The summed E-state index contributed by atoms with van der Waals surface area (Å²) in [5, 5.41) is 9.36. The Balaban J connectivity index is 1.57.